The second-order valence-corrected chi connectivity index (χ2v) is 4.44. The van der Waals surface area contributed by atoms with Crippen LogP contribution in [0.2, 0.25) is 0 Å². The Kier molecular flexibility index (Phi) is 5.48. The second kappa shape index (κ2) is 6.87. The van der Waals surface area contributed by atoms with Gasteiger partial charge in [-0.15, -0.1) is 0 Å². The molecule has 0 heterocycles. The molecule has 0 spiro atoms. The van der Waals surface area contributed by atoms with E-state index < -0.39 is 5.82 Å². The van der Waals surface area contributed by atoms with E-state index in [0.29, 0.717) is 18.4 Å². The van der Waals surface area contributed by atoms with Crippen LogP contribution in [0.25, 0.3) is 0 Å². The predicted molar refractivity (Wildman–Crippen MR) is 69.8 cm³/mol. The molecule has 0 unspecified atom stereocenters. The summed E-state index contributed by atoms with van der Waals surface area (Å²) in [6.07, 6.45) is 0.878. The number of hydrogen-bond donors (Lipinski definition) is 0. The van der Waals surface area contributed by atoms with Crippen molar-refractivity contribution < 1.29 is 18.7 Å². The van der Waals surface area contributed by atoms with Gasteiger partial charge in [0.25, 0.3) is 0 Å². The first-order chi connectivity index (χ1) is 8.91. The first-order valence-corrected chi connectivity index (χ1v) is 6.05. The average molecular weight is 267 g/mol. The molecule has 0 aliphatic rings. The van der Waals surface area contributed by atoms with Gasteiger partial charge in [0.2, 0.25) is 5.91 Å². The van der Waals surface area contributed by atoms with Crippen LogP contribution in [0.15, 0.2) is 18.2 Å². The molecule has 4 nitrogen and oxygen atoms in total. The van der Waals surface area contributed by atoms with Crippen molar-refractivity contribution in [2.45, 2.75) is 19.8 Å². The highest BCUT2D eigenvalue weighted by Gasteiger charge is 2.10. The summed E-state index contributed by atoms with van der Waals surface area (Å²) < 4.78 is 18.5. The molecule has 0 radical (unpaired) electrons. The molecule has 104 valence electrons. The number of amides is 1. The van der Waals surface area contributed by atoms with Crippen LogP contribution in [0.4, 0.5) is 4.39 Å². The Labute approximate surface area is 112 Å². The summed E-state index contributed by atoms with van der Waals surface area (Å²) in [7, 11) is 3.37. The van der Waals surface area contributed by atoms with E-state index >= 15 is 0 Å². The first-order valence-electron chi connectivity index (χ1n) is 6.05. The molecule has 0 N–H and O–H groups in total. The Bertz CT molecular complexity index is 472. The number of rotatable bonds is 6. The molecule has 1 aromatic carbocycles. The van der Waals surface area contributed by atoms with Gasteiger partial charge in [0.1, 0.15) is 11.6 Å². The summed E-state index contributed by atoms with van der Waals surface area (Å²) >= 11 is 0. The largest absolute Gasteiger partial charge is 0.493 e. The van der Waals surface area contributed by atoms with Gasteiger partial charge >= 0.3 is 0 Å². The normalized spacial score (nSPS) is 10.1. The summed E-state index contributed by atoms with van der Waals surface area (Å²) in [6, 6.07) is 3.81. The zero-order valence-electron chi connectivity index (χ0n) is 11.4. The van der Waals surface area contributed by atoms with Crippen molar-refractivity contribution in [1.82, 2.24) is 4.90 Å². The molecule has 1 aromatic rings. The fourth-order valence-corrected chi connectivity index (χ4v) is 1.54. The molecule has 0 fully saturated rings. The Morgan fingerprint density at radius 1 is 1.32 bits per heavy atom. The number of carbonyl (C=O) groups excluding carboxylic acids is 2. The van der Waals surface area contributed by atoms with E-state index in [1.165, 1.54) is 30.0 Å². The number of halogens is 1. The zero-order valence-corrected chi connectivity index (χ0v) is 11.4. The third kappa shape index (κ3) is 4.69. The van der Waals surface area contributed by atoms with Gasteiger partial charge in [0, 0.05) is 26.6 Å². The standard InChI is InChI=1S/C14H18FNO3/c1-10(17)12-7-6-11(15)9-13(12)19-8-4-5-14(18)16(2)3/h6-7,9H,4-5,8H2,1-3H3. The van der Waals surface area contributed by atoms with Crippen LogP contribution in [0, 0.1) is 5.82 Å². The third-order valence-corrected chi connectivity index (χ3v) is 2.61. The van der Waals surface area contributed by atoms with Gasteiger partial charge in [-0.1, -0.05) is 0 Å². The van der Waals surface area contributed by atoms with E-state index in [9.17, 15) is 14.0 Å². The number of nitrogens with zero attached hydrogens (tertiary/aromatic N) is 1. The Hall–Kier alpha value is -1.91. The summed E-state index contributed by atoms with van der Waals surface area (Å²) in [6.45, 7) is 1.67. The van der Waals surface area contributed by atoms with Gasteiger partial charge in [-0.2, -0.15) is 0 Å². The maximum atomic E-state index is 13.1. The molecule has 5 heteroatoms. The van der Waals surface area contributed by atoms with E-state index in [1.54, 1.807) is 14.1 Å². The monoisotopic (exact) mass is 267 g/mol. The maximum Gasteiger partial charge on any atom is 0.222 e. The molecule has 0 bridgehead atoms. The number of carbonyl (C=O) groups is 2. The van der Waals surface area contributed by atoms with Crippen LogP contribution in [0.3, 0.4) is 0 Å². The molecule has 1 rings (SSSR count). The van der Waals surface area contributed by atoms with E-state index in [-0.39, 0.29) is 24.0 Å². The molecule has 0 saturated carbocycles. The maximum absolute atomic E-state index is 13.1. The van der Waals surface area contributed by atoms with E-state index in [1.807, 2.05) is 0 Å². The lowest BCUT2D eigenvalue weighted by Gasteiger charge is -2.12. The van der Waals surface area contributed by atoms with Crippen molar-refractivity contribution >= 4 is 11.7 Å². The summed E-state index contributed by atoms with van der Waals surface area (Å²) in [4.78, 5) is 24.2. The predicted octanol–water partition coefficient (Wildman–Crippen LogP) is 2.28. The van der Waals surface area contributed by atoms with Crippen LogP contribution in [-0.4, -0.2) is 37.3 Å². The third-order valence-electron chi connectivity index (χ3n) is 2.61. The van der Waals surface area contributed by atoms with Crippen LogP contribution in [0.5, 0.6) is 5.75 Å². The molecule has 1 amide bonds. The Balaban J connectivity index is 2.55. The molecular formula is C14H18FNO3. The van der Waals surface area contributed by atoms with Crippen molar-refractivity contribution in [3.63, 3.8) is 0 Å². The summed E-state index contributed by atoms with van der Waals surface area (Å²) in [5, 5.41) is 0. The van der Waals surface area contributed by atoms with Gasteiger partial charge in [-0.3, -0.25) is 9.59 Å². The van der Waals surface area contributed by atoms with Gasteiger partial charge in [-0.05, 0) is 25.5 Å². The molecule has 0 aliphatic carbocycles. The smallest absolute Gasteiger partial charge is 0.222 e. The van der Waals surface area contributed by atoms with Gasteiger partial charge < -0.3 is 9.64 Å². The molecule has 0 aromatic heterocycles. The zero-order chi connectivity index (χ0) is 14.4. The van der Waals surface area contributed by atoms with Crippen molar-refractivity contribution in [2.75, 3.05) is 20.7 Å². The average Bonchev–Trinajstić information content (AvgIpc) is 2.33. The molecule has 0 atom stereocenters. The van der Waals surface area contributed by atoms with Gasteiger partial charge in [0.05, 0.1) is 12.2 Å². The molecule has 19 heavy (non-hydrogen) atoms. The lowest BCUT2D eigenvalue weighted by atomic mass is 10.1. The number of hydrogen-bond acceptors (Lipinski definition) is 3. The molecule has 0 aliphatic heterocycles. The van der Waals surface area contributed by atoms with E-state index in [2.05, 4.69) is 0 Å². The topological polar surface area (TPSA) is 46.6 Å². The quantitative estimate of drug-likeness (QED) is 0.587. The SMILES string of the molecule is CC(=O)c1ccc(F)cc1OCCCC(=O)N(C)C. The van der Waals surface area contributed by atoms with E-state index in [4.69, 9.17) is 4.74 Å². The van der Waals surface area contributed by atoms with Crippen LogP contribution in [-0.2, 0) is 4.79 Å². The number of benzene rings is 1. The Morgan fingerprint density at radius 2 is 2.00 bits per heavy atom. The number of ketones is 1. The minimum absolute atomic E-state index is 0.00892. The van der Waals surface area contributed by atoms with Crippen LogP contribution in [0.1, 0.15) is 30.1 Å². The van der Waals surface area contributed by atoms with Crippen LogP contribution < -0.4 is 4.74 Å². The second-order valence-electron chi connectivity index (χ2n) is 4.44. The number of Topliss-reactive ketones (excluding diaryl/α,β-unsaturated/α-hetero) is 1. The fourth-order valence-electron chi connectivity index (χ4n) is 1.54. The van der Waals surface area contributed by atoms with Gasteiger partial charge in [-0.25, -0.2) is 4.39 Å². The van der Waals surface area contributed by atoms with Crippen molar-refractivity contribution in [3.8, 4) is 5.75 Å². The lowest BCUT2D eigenvalue weighted by molar-refractivity contribution is -0.128. The van der Waals surface area contributed by atoms with Crippen molar-refractivity contribution in [3.05, 3.63) is 29.6 Å². The highest BCUT2D eigenvalue weighted by atomic mass is 19.1. The van der Waals surface area contributed by atoms with E-state index in [0.717, 1.165) is 0 Å². The van der Waals surface area contributed by atoms with Crippen molar-refractivity contribution in [1.29, 1.82) is 0 Å². The van der Waals surface area contributed by atoms with Crippen molar-refractivity contribution in [2.24, 2.45) is 0 Å². The van der Waals surface area contributed by atoms with Crippen LogP contribution >= 0.6 is 0 Å². The summed E-state index contributed by atoms with van der Waals surface area (Å²) in [5.41, 5.74) is 0.348. The molecule has 0 saturated heterocycles. The fraction of sp³-hybridized carbons (Fsp3) is 0.429. The van der Waals surface area contributed by atoms with Gasteiger partial charge in [0.15, 0.2) is 5.78 Å². The highest BCUT2D eigenvalue weighted by Crippen LogP contribution is 2.20. The summed E-state index contributed by atoms with van der Waals surface area (Å²) in [5.74, 6) is -0.400. The Morgan fingerprint density at radius 3 is 2.58 bits per heavy atom. The minimum atomic E-state index is -0.454. The molecular weight excluding hydrogens is 249 g/mol. The lowest BCUT2D eigenvalue weighted by Crippen LogP contribution is -2.21. The first kappa shape index (κ1) is 15.1. The number of ether oxygens (including phenoxy) is 1. The highest BCUT2D eigenvalue weighted by molar-refractivity contribution is 5.96. The minimum Gasteiger partial charge on any atom is -0.493 e.